The van der Waals surface area contributed by atoms with Gasteiger partial charge in [0.1, 0.15) is 0 Å². The fraction of sp³-hybridized carbons (Fsp3) is 0.632. The topological polar surface area (TPSA) is 94.0 Å². The quantitative estimate of drug-likeness (QED) is 0.766. The van der Waals surface area contributed by atoms with E-state index >= 15 is 0 Å². The van der Waals surface area contributed by atoms with Crippen molar-refractivity contribution in [3.8, 4) is 0 Å². The lowest BCUT2D eigenvalue weighted by Gasteiger charge is -2.31. The molecule has 0 saturated heterocycles. The molecule has 6 nitrogen and oxygen atoms in total. The average molecular weight is 344 g/mol. The number of nitrogens with one attached hydrogen (secondary N) is 1. The summed E-state index contributed by atoms with van der Waals surface area (Å²) in [5.41, 5.74) is 8.42. The van der Waals surface area contributed by atoms with Crippen molar-refractivity contribution in [2.45, 2.75) is 70.8 Å². The Morgan fingerprint density at radius 1 is 1.36 bits per heavy atom. The Labute approximate surface area is 148 Å². The third-order valence-electron chi connectivity index (χ3n) is 5.39. The highest BCUT2D eigenvalue weighted by atomic mass is 16.5. The monoisotopic (exact) mass is 344 g/mol. The van der Waals surface area contributed by atoms with Gasteiger partial charge in [-0.25, -0.2) is 4.98 Å². The Kier molecular flexibility index (Phi) is 5.08. The number of carbonyl (C=O) groups excluding carboxylic acids is 1. The molecule has 2 aromatic rings. The fourth-order valence-electron chi connectivity index (χ4n) is 3.28. The Bertz CT molecular complexity index is 752. The molecule has 6 heteroatoms. The van der Waals surface area contributed by atoms with E-state index in [1.807, 2.05) is 6.07 Å². The van der Waals surface area contributed by atoms with Crippen molar-refractivity contribution >= 4 is 17.0 Å². The van der Waals surface area contributed by atoms with Gasteiger partial charge in [-0.2, -0.15) is 0 Å². The molecule has 25 heavy (non-hydrogen) atoms. The SMILES string of the molecule is CCCc1noc2nc(C3CC3)cc(C(=O)NC(CC)(CC)CN)c12. The van der Waals surface area contributed by atoms with Crippen LogP contribution < -0.4 is 11.1 Å². The summed E-state index contributed by atoms with van der Waals surface area (Å²) < 4.78 is 5.45. The Morgan fingerprint density at radius 3 is 2.64 bits per heavy atom. The molecule has 1 fully saturated rings. The van der Waals surface area contributed by atoms with Gasteiger partial charge in [0.2, 0.25) is 0 Å². The molecule has 0 aromatic carbocycles. The van der Waals surface area contributed by atoms with Crippen LogP contribution in [0.15, 0.2) is 10.6 Å². The summed E-state index contributed by atoms with van der Waals surface area (Å²) in [7, 11) is 0. The summed E-state index contributed by atoms with van der Waals surface area (Å²) in [5.74, 6) is 0.330. The zero-order chi connectivity index (χ0) is 18.0. The number of pyridine rings is 1. The van der Waals surface area contributed by atoms with Crippen LogP contribution in [0.1, 0.15) is 80.5 Å². The third kappa shape index (κ3) is 3.40. The van der Waals surface area contributed by atoms with E-state index in [0.717, 1.165) is 55.3 Å². The summed E-state index contributed by atoms with van der Waals surface area (Å²) in [6.45, 7) is 6.60. The minimum atomic E-state index is -0.380. The van der Waals surface area contributed by atoms with E-state index in [4.69, 9.17) is 10.3 Å². The number of nitrogens with two attached hydrogens (primary N) is 1. The maximum absolute atomic E-state index is 13.1. The van der Waals surface area contributed by atoms with Crippen molar-refractivity contribution in [1.82, 2.24) is 15.5 Å². The Morgan fingerprint density at radius 2 is 2.08 bits per heavy atom. The first-order valence-corrected chi connectivity index (χ1v) is 9.39. The molecular weight excluding hydrogens is 316 g/mol. The molecule has 2 heterocycles. The molecule has 136 valence electrons. The van der Waals surface area contributed by atoms with Gasteiger partial charge in [-0.3, -0.25) is 4.79 Å². The van der Waals surface area contributed by atoms with Crippen LogP contribution in [0.2, 0.25) is 0 Å². The normalized spacial score (nSPS) is 14.9. The maximum Gasteiger partial charge on any atom is 0.259 e. The van der Waals surface area contributed by atoms with Crippen LogP contribution in [-0.2, 0) is 6.42 Å². The molecule has 1 amide bonds. The largest absolute Gasteiger partial charge is 0.345 e. The molecule has 1 aliphatic rings. The first-order valence-electron chi connectivity index (χ1n) is 9.39. The Hall–Kier alpha value is -1.95. The van der Waals surface area contributed by atoms with Gasteiger partial charge in [-0.1, -0.05) is 32.3 Å². The fourth-order valence-corrected chi connectivity index (χ4v) is 3.28. The number of hydrogen-bond acceptors (Lipinski definition) is 5. The number of fused-ring (bicyclic) bond motifs is 1. The van der Waals surface area contributed by atoms with Crippen LogP contribution in [0.25, 0.3) is 11.1 Å². The van der Waals surface area contributed by atoms with Gasteiger partial charge in [-0.05, 0) is 38.2 Å². The molecule has 0 radical (unpaired) electrons. The third-order valence-corrected chi connectivity index (χ3v) is 5.39. The number of aryl methyl sites for hydroxylation is 1. The van der Waals surface area contributed by atoms with E-state index in [1.165, 1.54) is 0 Å². The molecule has 3 rings (SSSR count). The van der Waals surface area contributed by atoms with Crippen molar-refractivity contribution in [2.24, 2.45) is 5.73 Å². The van der Waals surface area contributed by atoms with Crippen molar-refractivity contribution < 1.29 is 9.32 Å². The lowest BCUT2D eigenvalue weighted by molar-refractivity contribution is 0.0896. The molecule has 0 spiro atoms. The molecule has 0 unspecified atom stereocenters. The van der Waals surface area contributed by atoms with Gasteiger partial charge < -0.3 is 15.6 Å². The highest BCUT2D eigenvalue weighted by Gasteiger charge is 2.32. The second kappa shape index (κ2) is 7.12. The highest BCUT2D eigenvalue weighted by molar-refractivity contribution is 6.06. The maximum atomic E-state index is 13.1. The number of amides is 1. The zero-order valence-corrected chi connectivity index (χ0v) is 15.4. The first kappa shape index (κ1) is 17.9. The van der Waals surface area contributed by atoms with E-state index in [-0.39, 0.29) is 11.4 Å². The molecule has 2 aromatic heterocycles. The summed E-state index contributed by atoms with van der Waals surface area (Å²) in [5, 5.41) is 8.09. The van der Waals surface area contributed by atoms with Crippen LogP contribution >= 0.6 is 0 Å². The standard InChI is InChI=1S/C19H28N4O2/c1-4-7-14-16-13(17(24)22-19(5-2,6-3)11-20)10-15(12-8-9-12)21-18(16)25-23-14/h10,12H,4-9,11,20H2,1-3H3,(H,22,24). The van der Waals surface area contributed by atoms with Gasteiger partial charge in [0.25, 0.3) is 11.6 Å². The molecule has 0 bridgehead atoms. The zero-order valence-electron chi connectivity index (χ0n) is 15.4. The molecule has 0 atom stereocenters. The van der Waals surface area contributed by atoms with Gasteiger partial charge in [0, 0.05) is 18.2 Å². The molecule has 3 N–H and O–H groups in total. The second-order valence-corrected chi connectivity index (χ2v) is 7.07. The first-order chi connectivity index (χ1) is 12.1. The van der Waals surface area contributed by atoms with Crippen molar-refractivity contribution in [3.05, 3.63) is 23.0 Å². The number of rotatable bonds is 8. The lowest BCUT2D eigenvalue weighted by Crippen LogP contribution is -2.52. The minimum Gasteiger partial charge on any atom is -0.345 e. The summed E-state index contributed by atoms with van der Waals surface area (Å²) >= 11 is 0. The van der Waals surface area contributed by atoms with E-state index in [0.29, 0.717) is 23.7 Å². The van der Waals surface area contributed by atoms with E-state index < -0.39 is 0 Å². The molecular formula is C19H28N4O2. The van der Waals surface area contributed by atoms with Gasteiger partial charge >= 0.3 is 0 Å². The lowest BCUT2D eigenvalue weighted by atomic mass is 9.92. The number of carbonyl (C=O) groups is 1. The van der Waals surface area contributed by atoms with E-state index in [2.05, 4.69) is 36.2 Å². The van der Waals surface area contributed by atoms with Crippen molar-refractivity contribution in [1.29, 1.82) is 0 Å². The predicted molar refractivity (Wildman–Crippen MR) is 97.6 cm³/mol. The average Bonchev–Trinajstić information content (AvgIpc) is 3.41. The van der Waals surface area contributed by atoms with Gasteiger partial charge in [0.15, 0.2) is 0 Å². The van der Waals surface area contributed by atoms with Crippen molar-refractivity contribution in [3.63, 3.8) is 0 Å². The van der Waals surface area contributed by atoms with Crippen LogP contribution in [0.4, 0.5) is 0 Å². The molecule has 1 aliphatic carbocycles. The van der Waals surface area contributed by atoms with Crippen LogP contribution in [0, 0.1) is 0 Å². The molecule has 0 aliphatic heterocycles. The van der Waals surface area contributed by atoms with E-state index in [9.17, 15) is 4.79 Å². The predicted octanol–water partition coefficient (Wildman–Crippen LogP) is 3.30. The number of aromatic nitrogens is 2. The number of nitrogens with zero attached hydrogens (tertiary/aromatic N) is 2. The van der Waals surface area contributed by atoms with Crippen LogP contribution in [-0.4, -0.2) is 28.1 Å². The van der Waals surface area contributed by atoms with Crippen molar-refractivity contribution in [2.75, 3.05) is 6.54 Å². The van der Waals surface area contributed by atoms with E-state index in [1.54, 1.807) is 0 Å². The smallest absolute Gasteiger partial charge is 0.259 e. The Balaban J connectivity index is 2.05. The van der Waals surface area contributed by atoms with Crippen LogP contribution in [0.3, 0.4) is 0 Å². The molecule has 1 saturated carbocycles. The minimum absolute atomic E-state index is 0.107. The summed E-state index contributed by atoms with van der Waals surface area (Å²) in [6.07, 6.45) is 5.52. The van der Waals surface area contributed by atoms with Crippen LogP contribution in [0.5, 0.6) is 0 Å². The summed E-state index contributed by atoms with van der Waals surface area (Å²) in [4.78, 5) is 17.7. The van der Waals surface area contributed by atoms with Gasteiger partial charge in [-0.15, -0.1) is 0 Å². The van der Waals surface area contributed by atoms with Gasteiger partial charge in [0.05, 0.1) is 22.2 Å². The number of hydrogen-bond donors (Lipinski definition) is 2. The highest BCUT2D eigenvalue weighted by Crippen LogP contribution is 2.40. The summed E-state index contributed by atoms with van der Waals surface area (Å²) in [6, 6.07) is 1.93. The second-order valence-electron chi connectivity index (χ2n) is 7.07.